The van der Waals surface area contributed by atoms with E-state index in [1.807, 2.05) is 5.32 Å². The largest absolute Gasteiger partial charge is 0.481 e. The highest BCUT2D eigenvalue weighted by atomic mass is 19.4. The van der Waals surface area contributed by atoms with Crippen LogP contribution in [0.3, 0.4) is 0 Å². The first-order valence-corrected chi connectivity index (χ1v) is 5.68. The summed E-state index contributed by atoms with van der Waals surface area (Å²) in [5.74, 6) is -1.99. The van der Waals surface area contributed by atoms with E-state index in [1.54, 1.807) is 0 Å². The Morgan fingerprint density at radius 1 is 1.05 bits per heavy atom. The molecular formula is C12H11F3N2O4. The summed E-state index contributed by atoms with van der Waals surface area (Å²) in [5.41, 5.74) is -0.808. The molecule has 0 aliphatic heterocycles. The average molecular weight is 304 g/mol. The third-order valence-corrected chi connectivity index (χ3v) is 2.29. The minimum absolute atomic E-state index is 0.0616. The quantitative estimate of drug-likeness (QED) is 0.794. The normalized spacial score (nSPS) is 10.8. The van der Waals surface area contributed by atoms with Crippen molar-refractivity contribution < 1.29 is 32.7 Å². The molecule has 114 valence electrons. The molecule has 6 nitrogen and oxygen atoms in total. The van der Waals surface area contributed by atoms with Crippen LogP contribution in [0.1, 0.15) is 18.4 Å². The molecule has 0 saturated heterocycles. The third-order valence-electron chi connectivity index (χ3n) is 2.29. The van der Waals surface area contributed by atoms with Crippen LogP contribution in [0, 0.1) is 0 Å². The Labute approximate surface area is 116 Å². The van der Waals surface area contributed by atoms with Gasteiger partial charge in [-0.15, -0.1) is 0 Å². The molecule has 3 N–H and O–H groups in total. The Balaban J connectivity index is 2.51. The van der Waals surface area contributed by atoms with E-state index in [4.69, 9.17) is 5.11 Å². The van der Waals surface area contributed by atoms with Gasteiger partial charge in [-0.3, -0.25) is 14.9 Å². The first-order chi connectivity index (χ1) is 9.68. The molecule has 0 fully saturated rings. The van der Waals surface area contributed by atoms with Crippen LogP contribution in [0.2, 0.25) is 0 Å². The first kappa shape index (κ1) is 16.5. The summed E-state index contributed by atoms with van der Waals surface area (Å²) in [6.45, 7) is 0. The number of anilines is 1. The van der Waals surface area contributed by atoms with Gasteiger partial charge in [0.15, 0.2) is 0 Å². The summed E-state index contributed by atoms with van der Waals surface area (Å²) >= 11 is 0. The van der Waals surface area contributed by atoms with Gasteiger partial charge in [0.05, 0.1) is 12.0 Å². The lowest BCUT2D eigenvalue weighted by atomic mass is 10.2. The number of aliphatic carboxylic acids is 1. The molecule has 0 aromatic heterocycles. The second kappa shape index (κ2) is 6.73. The van der Waals surface area contributed by atoms with Crippen molar-refractivity contribution in [3.8, 4) is 0 Å². The fourth-order valence-corrected chi connectivity index (χ4v) is 1.31. The van der Waals surface area contributed by atoms with Crippen molar-refractivity contribution in [1.29, 1.82) is 0 Å². The Hall–Kier alpha value is -2.58. The second-order valence-corrected chi connectivity index (χ2v) is 3.97. The molecule has 1 aromatic carbocycles. The Kier molecular flexibility index (Phi) is 5.28. The van der Waals surface area contributed by atoms with E-state index in [1.165, 1.54) is 0 Å². The Morgan fingerprint density at radius 3 is 2.10 bits per heavy atom. The van der Waals surface area contributed by atoms with Crippen molar-refractivity contribution in [1.82, 2.24) is 5.32 Å². The molecule has 0 heterocycles. The van der Waals surface area contributed by atoms with Crippen LogP contribution in [-0.2, 0) is 15.8 Å². The number of hydrogen-bond acceptors (Lipinski definition) is 3. The molecule has 0 radical (unpaired) electrons. The summed E-state index contributed by atoms with van der Waals surface area (Å²) in [4.78, 5) is 32.7. The van der Waals surface area contributed by atoms with E-state index in [0.717, 1.165) is 24.3 Å². The predicted octanol–water partition coefficient (Wildman–Crippen LogP) is 2.22. The third kappa shape index (κ3) is 5.93. The molecule has 0 bridgehead atoms. The number of carbonyl (C=O) groups is 3. The molecule has 0 atom stereocenters. The smallest absolute Gasteiger partial charge is 0.416 e. The van der Waals surface area contributed by atoms with Gasteiger partial charge < -0.3 is 10.4 Å². The van der Waals surface area contributed by atoms with Crippen LogP contribution >= 0.6 is 0 Å². The van der Waals surface area contributed by atoms with E-state index in [2.05, 4.69) is 5.32 Å². The molecule has 9 heteroatoms. The zero-order valence-electron chi connectivity index (χ0n) is 10.5. The highest BCUT2D eigenvalue weighted by Crippen LogP contribution is 2.29. The highest BCUT2D eigenvalue weighted by Gasteiger charge is 2.29. The topological polar surface area (TPSA) is 95.5 Å². The fourth-order valence-electron chi connectivity index (χ4n) is 1.31. The van der Waals surface area contributed by atoms with Crippen molar-refractivity contribution in [2.24, 2.45) is 0 Å². The van der Waals surface area contributed by atoms with Gasteiger partial charge >= 0.3 is 18.2 Å². The zero-order valence-corrected chi connectivity index (χ0v) is 10.5. The fraction of sp³-hybridized carbons (Fsp3) is 0.250. The number of carboxylic acid groups (broad SMARTS) is 1. The number of benzene rings is 1. The number of imide groups is 1. The van der Waals surface area contributed by atoms with E-state index in [0.29, 0.717) is 0 Å². The van der Waals surface area contributed by atoms with Gasteiger partial charge in [-0.05, 0) is 24.3 Å². The molecule has 1 rings (SSSR count). The summed E-state index contributed by atoms with van der Waals surface area (Å²) in [5, 5.41) is 12.4. The summed E-state index contributed by atoms with van der Waals surface area (Å²) in [6, 6.07) is 2.67. The van der Waals surface area contributed by atoms with Crippen molar-refractivity contribution in [2.75, 3.05) is 5.32 Å². The van der Waals surface area contributed by atoms with Crippen molar-refractivity contribution in [2.45, 2.75) is 19.0 Å². The Morgan fingerprint density at radius 2 is 1.62 bits per heavy atom. The lowest BCUT2D eigenvalue weighted by Crippen LogP contribution is -2.34. The predicted molar refractivity (Wildman–Crippen MR) is 65.5 cm³/mol. The van der Waals surface area contributed by atoms with Crippen LogP contribution in [0.25, 0.3) is 0 Å². The van der Waals surface area contributed by atoms with Gasteiger partial charge in [-0.1, -0.05) is 0 Å². The van der Waals surface area contributed by atoms with E-state index in [9.17, 15) is 27.6 Å². The molecule has 0 aliphatic rings. The number of hydrogen-bond donors (Lipinski definition) is 3. The number of nitrogens with one attached hydrogen (secondary N) is 2. The van der Waals surface area contributed by atoms with E-state index >= 15 is 0 Å². The summed E-state index contributed by atoms with van der Waals surface area (Å²) in [6.07, 6.45) is -5.29. The van der Waals surface area contributed by atoms with E-state index in [-0.39, 0.29) is 12.1 Å². The molecule has 0 aliphatic carbocycles. The maximum absolute atomic E-state index is 12.3. The van der Waals surface area contributed by atoms with Gasteiger partial charge in [0.1, 0.15) is 0 Å². The number of amides is 3. The molecule has 21 heavy (non-hydrogen) atoms. The first-order valence-electron chi connectivity index (χ1n) is 5.68. The van der Waals surface area contributed by atoms with Crippen LogP contribution in [0.15, 0.2) is 24.3 Å². The minimum atomic E-state index is -4.48. The maximum Gasteiger partial charge on any atom is 0.416 e. The molecule has 1 aromatic rings. The monoisotopic (exact) mass is 304 g/mol. The molecule has 0 saturated carbocycles. The van der Waals surface area contributed by atoms with Crippen molar-refractivity contribution >= 4 is 23.6 Å². The maximum atomic E-state index is 12.3. The van der Waals surface area contributed by atoms with Crippen LogP contribution < -0.4 is 10.6 Å². The van der Waals surface area contributed by atoms with Gasteiger partial charge in [-0.2, -0.15) is 13.2 Å². The van der Waals surface area contributed by atoms with Crippen LogP contribution in [0.5, 0.6) is 0 Å². The average Bonchev–Trinajstić information content (AvgIpc) is 2.35. The number of carboxylic acids is 1. The lowest BCUT2D eigenvalue weighted by molar-refractivity contribution is -0.139. The number of rotatable bonds is 4. The number of alkyl halides is 3. The van der Waals surface area contributed by atoms with Gasteiger partial charge in [0.2, 0.25) is 5.91 Å². The molecule has 3 amide bonds. The van der Waals surface area contributed by atoms with Gasteiger partial charge in [-0.25, -0.2) is 4.79 Å². The van der Waals surface area contributed by atoms with Crippen LogP contribution in [-0.4, -0.2) is 23.0 Å². The van der Waals surface area contributed by atoms with Gasteiger partial charge in [0, 0.05) is 12.1 Å². The van der Waals surface area contributed by atoms with Crippen molar-refractivity contribution in [3.63, 3.8) is 0 Å². The summed E-state index contributed by atoms with van der Waals surface area (Å²) in [7, 11) is 0. The molecule has 0 unspecified atom stereocenters. The minimum Gasteiger partial charge on any atom is -0.481 e. The number of urea groups is 1. The number of halogens is 3. The Bertz CT molecular complexity index is 540. The van der Waals surface area contributed by atoms with Gasteiger partial charge in [0.25, 0.3) is 0 Å². The zero-order chi connectivity index (χ0) is 16.0. The van der Waals surface area contributed by atoms with Crippen molar-refractivity contribution in [3.05, 3.63) is 29.8 Å². The SMILES string of the molecule is O=C(O)CCC(=O)NC(=O)Nc1ccc(C(F)(F)F)cc1. The standard InChI is InChI=1S/C12H11F3N2O4/c13-12(14,15)7-1-3-8(4-2-7)16-11(21)17-9(18)5-6-10(19)20/h1-4H,5-6H2,(H,19,20)(H2,16,17,18,21). The molecule has 0 spiro atoms. The van der Waals surface area contributed by atoms with E-state index < -0.39 is 36.1 Å². The number of carbonyl (C=O) groups excluding carboxylic acids is 2. The molecular weight excluding hydrogens is 293 g/mol. The van der Waals surface area contributed by atoms with Crippen LogP contribution in [0.4, 0.5) is 23.7 Å². The lowest BCUT2D eigenvalue weighted by Gasteiger charge is -2.09. The second-order valence-electron chi connectivity index (χ2n) is 3.97. The summed E-state index contributed by atoms with van der Waals surface area (Å²) < 4.78 is 36.9. The highest BCUT2D eigenvalue weighted by molar-refractivity contribution is 6.01.